The molecule has 0 aromatic heterocycles. The van der Waals surface area contributed by atoms with Crippen LogP contribution in [0, 0.1) is 11.3 Å². The monoisotopic (exact) mass is 300 g/mol. The van der Waals surface area contributed by atoms with Crippen molar-refractivity contribution in [3.8, 4) is 6.07 Å². The number of alkyl halides is 1. The van der Waals surface area contributed by atoms with Gasteiger partial charge in [-0.2, -0.15) is 5.26 Å². The zero-order valence-corrected chi connectivity index (χ0v) is 12.2. The van der Waals surface area contributed by atoms with E-state index in [1.54, 1.807) is 12.1 Å². The van der Waals surface area contributed by atoms with E-state index < -0.39 is 5.56 Å². The molecule has 1 aromatic carbocycles. The van der Waals surface area contributed by atoms with Crippen molar-refractivity contribution in [1.82, 2.24) is 0 Å². The van der Waals surface area contributed by atoms with Gasteiger partial charge in [0.2, 0.25) is 0 Å². The maximum atomic E-state index is 8.73. The van der Waals surface area contributed by atoms with Gasteiger partial charge in [-0.25, -0.2) is 0 Å². The van der Waals surface area contributed by atoms with Crippen LogP contribution in [0.2, 0.25) is 0 Å². The van der Waals surface area contributed by atoms with Crippen LogP contribution < -0.4 is 5.73 Å². The topological polar surface area (TPSA) is 59.0 Å². The van der Waals surface area contributed by atoms with E-state index in [9.17, 15) is 0 Å². The first-order valence-electron chi connectivity index (χ1n) is 6.24. The van der Waals surface area contributed by atoms with Gasteiger partial charge in [0.1, 0.15) is 0 Å². The van der Waals surface area contributed by atoms with E-state index in [0.29, 0.717) is 11.6 Å². The van der Waals surface area contributed by atoms with Crippen LogP contribution >= 0.6 is 24.0 Å². The Morgan fingerprint density at radius 3 is 2.32 bits per heavy atom. The van der Waals surface area contributed by atoms with E-state index in [0.717, 1.165) is 31.2 Å². The molecule has 1 saturated carbocycles. The molecule has 0 bridgehead atoms. The highest BCUT2D eigenvalue weighted by atomic mass is 35.5. The van der Waals surface area contributed by atoms with Gasteiger partial charge in [0, 0.05) is 6.04 Å². The average Bonchev–Trinajstić information content (AvgIpc) is 2.41. The molecule has 1 unspecified atom stereocenters. The van der Waals surface area contributed by atoms with Crippen molar-refractivity contribution in [3.05, 3.63) is 35.4 Å². The molecule has 1 aromatic rings. The molecule has 0 heterocycles. The normalized spacial score (nSPS) is 24.1. The van der Waals surface area contributed by atoms with E-state index in [2.05, 4.69) is 6.07 Å². The van der Waals surface area contributed by atoms with Crippen LogP contribution in [0.3, 0.4) is 0 Å². The van der Waals surface area contributed by atoms with Crippen molar-refractivity contribution < 1.29 is 4.74 Å². The fourth-order valence-electron chi connectivity index (χ4n) is 2.18. The molecule has 19 heavy (non-hydrogen) atoms. The van der Waals surface area contributed by atoms with Crippen LogP contribution in [-0.2, 0) is 4.74 Å². The predicted molar refractivity (Wildman–Crippen MR) is 78.3 cm³/mol. The molecule has 1 atom stereocenters. The summed E-state index contributed by atoms with van der Waals surface area (Å²) in [5.41, 5.74) is 6.93. The largest absolute Gasteiger partial charge is 0.355 e. The van der Waals surface area contributed by atoms with Gasteiger partial charge in [-0.05, 0) is 43.4 Å². The molecule has 104 valence electrons. The van der Waals surface area contributed by atoms with Gasteiger partial charge < -0.3 is 10.5 Å². The molecular formula is C14H18Cl2N2O. The number of halogens is 2. The third-order valence-corrected chi connectivity index (χ3v) is 3.69. The molecule has 0 aliphatic heterocycles. The molecule has 0 amide bonds. The van der Waals surface area contributed by atoms with Crippen molar-refractivity contribution in [2.24, 2.45) is 5.73 Å². The number of hydrogen-bond acceptors (Lipinski definition) is 3. The second-order valence-electron chi connectivity index (χ2n) is 4.72. The maximum absolute atomic E-state index is 8.73. The smallest absolute Gasteiger partial charge is 0.157 e. The number of rotatable bonds is 3. The summed E-state index contributed by atoms with van der Waals surface area (Å²) >= 11 is 6.24. The lowest BCUT2D eigenvalue weighted by molar-refractivity contribution is 0.00498. The molecule has 0 radical (unpaired) electrons. The lowest BCUT2D eigenvalue weighted by Crippen LogP contribution is -2.30. The molecule has 2 rings (SSSR count). The third-order valence-electron chi connectivity index (χ3n) is 3.33. The van der Waals surface area contributed by atoms with Crippen molar-refractivity contribution in [3.63, 3.8) is 0 Å². The Bertz CT molecular complexity index is 422. The number of benzene rings is 1. The SMILES string of the molecule is Cl.N#Cc1ccc(C(Cl)OC2CCC(N)CC2)cc1. The minimum absolute atomic E-state index is 0. The summed E-state index contributed by atoms with van der Waals surface area (Å²) in [6.45, 7) is 0. The molecule has 2 N–H and O–H groups in total. The van der Waals surface area contributed by atoms with E-state index in [1.165, 1.54) is 0 Å². The molecule has 1 aliphatic rings. The molecule has 1 aliphatic carbocycles. The van der Waals surface area contributed by atoms with Crippen molar-refractivity contribution >= 4 is 24.0 Å². The van der Waals surface area contributed by atoms with E-state index >= 15 is 0 Å². The van der Waals surface area contributed by atoms with Crippen molar-refractivity contribution in [2.75, 3.05) is 0 Å². The average molecular weight is 301 g/mol. The van der Waals surface area contributed by atoms with Gasteiger partial charge in [0.05, 0.1) is 17.7 Å². The second-order valence-corrected chi connectivity index (χ2v) is 5.12. The van der Waals surface area contributed by atoms with Crippen LogP contribution in [0.1, 0.15) is 42.4 Å². The summed E-state index contributed by atoms with van der Waals surface area (Å²) in [6, 6.07) is 9.58. The molecule has 1 fully saturated rings. The lowest BCUT2D eigenvalue weighted by atomic mass is 9.94. The van der Waals surface area contributed by atoms with E-state index in [-0.39, 0.29) is 18.5 Å². The van der Waals surface area contributed by atoms with E-state index in [1.807, 2.05) is 12.1 Å². The molecule has 3 nitrogen and oxygen atoms in total. The number of nitrogens with zero attached hydrogens (tertiary/aromatic N) is 1. The van der Waals surface area contributed by atoms with Gasteiger partial charge in [-0.3, -0.25) is 0 Å². The summed E-state index contributed by atoms with van der Waals surface area (Å²) in [5, 5.41) is 8.73. The van der Waals surface area contributed by atoms with Crippen molar-refractivity contribution in [2.45, 2.75) is 43.4 Å². The first-order chi connectivity index (χ1) is 8.69. The number of nitriles is 1. The number of hydrogen-bond donors (Lipinski definition) is 1. The van der Waals surface area contributed by atoms with Crippen LogP contribution in [-0.4, -0.2) is 12.1 Å². The van der Waals surface area contributed by atoms with Gasteiger partial charge >= 0.3 is 0 Å². The fraction of sp³-hybridized carbons (Fsp3) is 0.500. The summed E-state index contributed by atoms with van der Waals surface area (Å²) in [4.78, 5) is 0. The summed E-state index contributed by atoms with van der Waals surface area (Å²) < 4.78 is 5.83. The minimum Gasteiger partial charge on any atom is -0.355 e. The maximum Gasteiger partial charge on any atom is 0.157 e. The van der Waals surface area contributed by atoms with E-state index in [4.69, 9.17) is 27.3 Å². The number of nitrogens with two attached hydrogens (primary N) is 1. The number of ether oxygens (including phenoxy) is 1. The Balaban J connectivity index is 0.00000180. The standard InChI is InChI=1S/C14H17ClN2O.ClH/c15-14(11-3-1-10(9-16)2-4-11)18-13-7-5-12(17)6-8-13;/h1-4,12-14H,5-8,17H2;1H. The highest BCUT2D eigenvalue weighted by Gasteiger charge is 2.22. The van der Waals surface area contributed by atoms with Crippen molar-refractivity contribution in [1.29, 1.82) is 5.26 Å². The van der Waals surface area contributed by atoms with Crippen LogP contribution in [0.5, 0.6) is 0 Å². The van der Waals surface area contributed by atoms with Gasteiger partial charge in [-0.1, -0.05) is 23.7 Å². The Hall–Kier alpha value is -0.790. The molecular weight excluding hydrogens is 283 g/mol. The van der Waals surface area contributed by atoms with Gasteiger partial charge in [0.25, 0.3) is 0 Å². The minimum atomic E-state index is -0.447. The molecule has 5 heteroatoms. The van der Waals surface area contributed by atoms with Gasteiger partial charge in [0.15, 0.2) is 5.56 Å². The van der Waals surface area contributed by atoms with Crippen LogP contribution in [0.4, 0.5) is 0 Å². The first kappa shape index (κ1) is 16.3. The van der Waals surface area contributed by atoms with Gasteiger partial charge in [-0.15, -0.1) is 12.4 Å². The third kappa shape index (κ3) is 4.67. The zero-order valence-electron chi connectivity index (χ0n) is 10.6. The predicted octanol–water partition coefficient (Wildman–Crippen LogP) is 3.50. The first-order valence-corrected chi connectivity index (χ1v) is 6.68. The zero-order chi connectivity index (χ0) is 13.0. The Labute approximate surface area is 125 Å². The Morgan fingerprint density at radius 1 is 1.21 bits per heavy atom. The molecule has 0 spiro atoms. The van der Waals surface area contributed by atoms with Crippen LogP contribution in [0.25, 0.3) is 0 Å². The highest BCUT2D eigenvalue weighted by molar-refractivity contribution is 6.19. The summed E-state index contributed by atoms with van der Waals surface area (Å²) in [6.07, 6.45) is 4.15. The lowest BCUT2D eigenvalue weighted by Gasteiger charge is -2.28. The Morgan fingerprint density at radius 2 is 1.79 bits per heavy atom. The van der Waals surface area contributed by atoms with Crippen LogP contribution in [0.15, 0.2) is 24.3 Å². The summed E-state index contributed by atoms with van der Waals surface area (Å²) in [5.74, 6) is 0. The second kappa shape index (κ2) is 7.72. The quantitative estimate of drug-likeness (QED) is 0.869. The Kier molecular flexibility index (Phi) is 6.60. The molecule has 0 saturated heterocycles. The summed E-state index contributed by atoms with van der Waals surface area (Å²) in [7, 11) is 0. The fourth-order valence-corrected chi connectivity index (χ4v) is 2.47. The highest BCUT2D eigenvalue weighted by Crippen LogP contribution is 2.29.